The van der Waals surface area contributed by atoms with Crippen molar-refractivity contribution in [3.05, 3.63) is 64.8 Å². The molecule has 2 aromatic carbocycles. The van der Waals surface area contributed by atoms with Gasteiger partial charge in [-0.3, -0.25) is 0 Å². The number of carbonyl (C=O) groups excluding carboxylic acids is 1. The van der Waals surface area contributed by atoms with Crippen molar-refractivity contribution in [1.82, 2.24) is 9.88 Å². The maximum Gasteiger partial charge on any atom is 0.409 e. The number of hydrogen-bond acceptors (Lipinski definition) is 3. The number of rotatable bonds is 3. The van der Waals surface area contributed by atoms with Crippen molar-refractivity contribution < 1.29 is 14.3 Å². The average molecular weight is 522 g/mol. The van der Waals surface area contributed by atoms with Crippen molar-refractivity contribution in [3.63, 3.8) is 0 Å². The highest BCUT2D eigenvalue weighted by molar-refractivity contribution is 6.67. The Morgan fingerprint density at radius 2 is 2.06 bits per heavy atom. The maximum atomic E-state index is 12.8. The summed E-state index contributed by atoms with van der Waals surface area (Å²) in [5.41, 5.74) is 6.15. The summed E-state index contributed by atoms with van der Waals surface area (Å²) >= 11 is 17.4. The summed E-state index contributed by atoms with van der Waals surface area (Å²) in [5, 5.41) is 1.27. The molecule has 5 nitrogen and oxygen atoms in total. The maximum absolute atomic E-state index is 12.8. The first-order valence-corrected chi connectivity index (χ1v) is 12.5. The highest BCUT2D eigenvalue weighted by Crippen LogP contribution is 2.49. The molecule has 1 aromatic heterocycles. The molecular weight excluding hydrogens is 495 g/mol. The zero-order chi connectivity index (χ0) is 24.1. The molecule has 1 fully saturated rings. The molecule has 0 bridgehead atoms. The number of aryl methyl sites for hydroxylation is 1. The van der Waals surface area contributed by atoms with Crippen molar-refractivity contribution in [2.75, 3.05) is 26.8 Å². The van der Waals surface area contributed by atoms with Crippen molar-refractivity contribution in [1.29, 1.82) is 0 Å². The third-order valence-corrected chi connectivity index (χ3v) is 7.73. The summed E-state index contributed by atoms with van der Waals surface area (Å²) in [6.45, 7) is 2.99. The van der Waals surface area contributed by atoms with Crippen molar-refractivity contribution in [2.45, 2.75) is 35.4 Å². The van der Waals surface area contributed by atoms with Crippen LogP contribution in [0.5, 0.6) is 5.75 Å². The molecular formula is C26H27Cl3N2O3. The van der Waals surface area contributed by atoms with Crippen LogP contribution in [0.1, 0.15) is 28.8 Å². The van der Waals surface area contributed by atoms with Gasteiger partial charge in [-0.2, -0.15) is 0 Å². The number of hydrogen-bond donors (Lipinski definition) is 1. The molecule has 34 heavy (non-hydrogen) atoms. The van der Waals surface area contributed by atoms with Crippen molar-refractivity contribution >= 4 is 51.8 Å². The molecule has 1 aliphatic carbocycles. The Bertz CT molecular complexity index is 1240. The lowest BCUT2D eigenvalue weighted by atomic mass is 9.59. The van der Waals surface area contributed by atoms with Crippen molar-refractivity contribution in [2.24, 2.45) is 5.92 Å². The minimum atomic E-state index is -1.63. The minimum Gasteiger partial charge on any atom is -0.497 e. The molecule has 0 spiro atoms. The first-order chi connectivity index (χ1) is 16.2. The lowest BCUT2D eigenvalue weighted by Gasteiger charge is -2.50. The third-order valence-electron chi connectivity index (χ3n) is 7.41. The van der Waals surface area contributed by atoms with Gasteiger partial charge in [-0.25, -0.2) is 4.79 Å². The van der Waals surface area contributed by atoms with Crippen LogP contribution in [0.2, 0.25) is 0 Å². The third kappa shape index (κ3) is 4.34. The highest BCUT2D eigenvalue weighted by atomic mass is 35.6. The van der Waals surface area contributed by atoms with Gasteiger partial charge in [-0.1, -0.05) is 58.6 Å². The van der Waals surface area contributed by atoms with E-state index >= 15 is 0 Å². The average Bonchev–Trinajstić information content (AvgIpc) is 3.16. The van der Waals surface area contributed by atoms with Gasteiger partial charge >= 0.3 is 6.09 Å². The normalized spacial score (nSPS) is 22.3. The number of aromatic amines is 1. The van der Waals surface area contributed by atoms with Crippen LogP contribution < -0.4 is 4.74 Å². The summed E-state index contributed by atoms with van der Waals surface area (Å²) in [4.78, 5) is 18.3. The number of methoxy groups -OCH3 is 1. The number of benzene rings is 2. The van der Waals surface area contributed by atoms with E-state index in [0.29, 0.717) is 13.1 Å². The number of amides is 1. The Labute approximate surface area is 214 Å². The number of aromatic nitrogens is 1. The monoisotopic (exact) mass is 520 g/mol. The van der Waals surface area contributed by atoms with Crippen LogP contribution >= 0.6 is 34.8 Å². The predicted molar refractivity (Wildman–Crippen MR) is 136 cm³/mol. The Morgan fingerprint density at radius 1 is 1.24 bits per heavy atom. The molecule has 3 aromatic rings. The number of fused-ring (bicyclic) bond motifs is 4. The Balaban J connectivity index is 1.52. The second-order valence-electron chi connectivity index (χ2n) is 9.46. The Kier molecular flexibility index (Phi) is 6.16. The van der Waals surface area contributed by atoms with E-state index < -0.39 is 9.89 Å². The Hall–Kier alpha value is -2.08. The molecule has 8 heteroatoms. The summed E-state index contributed by atoms with van der Waals surface area (Å²) < 4.78 is 9.22. The molecule has 1 N–H and O–H groups in total. The number of halogens is 3. The lowest BCUT2D eigenvalue weighted by molar-refractivity contribution is 0.0539. The van der Waals surface area contributed by atoms with E-state index in [4.69, 9.17) is 44.3 Å². The summed E-state index contributed by atoms with van der Waals surface area (Å²) in [5.74, 6) is 1.05. The van der Waals surface area contributed by atoms with Gasteiger partial charge in [0, 0.05) is 35.1 Å². The first kappa shape index (κ1) is 23.7. The van der Waals surface area contributed by atoms with Crippen LogP contribution in [0.3, 0.4) is 0 Å². The fraction of sp³-hybridized carbons (Fsp3) is 0.423. The van der Waals surface area contributed by atoms with Gasteiger partial charge in [-0.05, 0) is 67.5 Å². The van der Waals surface area contributed by atoms with Crippen molar-refractivity contribution in [3.8, 4) is 5.75 Å². The van der Waals surface area contributed by atoms with Gasteiger partial charge in [0.05, 0.1) is 7.11 Å². The van der Waals surface area contributed by atoms with Gasteiger partial charge in [0.2, 0.25) is 3.79 Å². The Morgan fingerprint density at radius 3 is 2.82 bits per heavy atom. The van der Waals surface area contributed by atoms with Crippen LogP contribution in [-0.4, -0.2) is 46.6 Å². The molecule has 2 atom stereocenters. The first-order valence-electron chi connectivity index (χ1n) is 11.4. The zero-order valence-electron chi connectivity index (χ0n) is 19.2. The number of piperidine rings is 1. The fourth-order valence-electron chi connectivity index (χ4n) is 5.74. The topological polar surface area (TPSA) is 54.6 Å². The molecule has 0 radical (unpaired) electrons. The molecule has 5 rings (SSSR count). The fourth-order valence-corrected chi connectivity index (χ4v) is 5.91. The number of likely N-dealkylation sites (tertiary alicyclic amines) is 1. The SMILES string of the molecule is COc1cccc([C@]23CCN(C(=O)OCC(Cl)(Cl)Cl)CC2Cc2c([nH]c4ccc(C)cc24)C3)c1. The number of carbonyl (C=O) groups is 1. The lowest BCUT2D eigenvalue weighted by Crippen LogP contribution is -2.55. The number of nitrogens with zero attached hydrogens (tertiary/aromatic N) is 1. The van der Waals surface area contributed by atoms with Crippen LogP contribution in [0.4, 0.5) is 4.79 Å². The molecule has 2 aliphatic rings. The number of ether oxygens (including phenoxy) is 2. The van der Waals surface area contributed by atoms with Crippen LogP contribution in [-0.2, 0) is 23.0 Å². The summed E-state index contributed by atoms with van der Waals surface area (Å²) in [6.07, 6.45) is 2.11. The molecule has 1 unspecified atom stereocenters. The molecule has 1 amide bonds. The molecule has 0 saturated carbocycles. The minimum absolute atomic E-state index is 0.122. The van der Waals surface area contributed by atoms with E-state index in [0.717, 1.165) is 30.5 Å². The standard InChI is InChI=1S/C26H27Cl3N2O3/c1-16-6-7-22-20(10-16)21-12-18-14-31(24(32)34-15-26(27,28)29)9-8-25(18,13-23(21)30-22)17-4-3-5-19(11-17)33-2/h3-7,10-11,18,30H,8-9,12-15H2,1-2H3/t18?,25-/m1/s1. The largest absolute Gasteiger partial charge is 0.497 e. The van der Waals surface area contributed by atoms with E-state index in [1.54, 1.807) is 12.0 Å². The smallest absolute Gasteiger partial charge is 0.409 e. The van der Waals surface area contributed by atoms with Gasteiger partial charge in [0.15, 0.2) is 0 Å². The van der Waals surface area contributed by atoms with Crippen LogP contribution in [0.25, 0.3) is 10.9 Å². The second kappa shape index (κ2) is 8.85. The highest BCUT2D eigenvalue weighted by Gasteiger charge is 2.49. The molecule has 180 valence electrons. The van der Waals surface area contributed by atoms with E-state index in [1.165, 1.54) is 27.8 Å². The van der Waals surface area contributed by atoms with Crippen LogP contribution in [0, 0.1) is 12.8 Å². The van der Waals surface area contributed by atoms with E-state index in [-0.39, 0.29) is 17.9 Å². The van der Waals surface area contributed by atoms with Crippen LogP contribution in [0.15, 0.2) is 42.5 Å². The number of H-pyrrole nitrogens is 1. The van der Waals surface area contributed by atoms with Gasteiger partial charge in [-0.15, -0.1) is 0 Å². The summed E-state index contributed by atoms with van der Waals surface area (Å²) in [7, 11) is 1.69. The molecule has 2 heterocycles. The van der Waals surface area contributed by atoms with E-state index in [9.17, 15) is 4.79 Å². The zero-order valence-corrected chi connectivity index (χ0v) is 21.4. The predicted octanol–water partition coefficient (Wildman–Crippen LogP) is 6.35. The van der Waals surface area contributed by atoms with Gasteiger partial charge in [0.25, 0.3) is 0 Å². The quantitative estimate of drug-likeness (QED) is 0.409. The van der Waals surface area contributed by atoms with Gasteiger partial charge in [0.1, 0.15) is 12.4 Å². The molecule has 1 aliphatic heterocycles. The van der Waals surface area contributed by atoms with E-state index in [2.05, 4.69) is 42.2 Å². The second-order valence-corrected chi connectivity index (χ2v) is 12.0. The number of nitrogens with one attached hydrogen (secondary N) is 1. The summed E-state index contributed by atoms with van der Waals surface area (Å²) in [6, 6.07) is 14.9. The molecule has 1 saturated heterocycles. The van der Waals surface area contributed by atoms with Gasteiger partial charge < -0.3 is 19.4 Å². The van der Waals surface area contributed by atoms with E-state index in [1.807, 2.05) is 12.1 Å². The number of alkyl halides is 3.